The lowest BCUT2D eigenvalue weighted by Crippen LogP contribution is -2.44. The number of nitrogens with one attached hydrogen (secondary N) is 1. The van der Waals surface area contributed by atoms with Crippen LogP contribution in [0.2, 0.25) is 0 Å². The molecule has 0 spiro atoms. The summed E-state index contributed by atoms with van der Waals surface area (Å²) in [6, 6.07) is 8.12. The van der Waals surface area contributed by atoms with Gasteiger partial charge in [0.25, 0.3) is 0 Å². The Kier molecular flexibility index (Phi) is 4.46. The van der Waals surface area contributed by atoms with E-state index in [1.54, 1.807) is 0 Å². The molecule has 1 aromatic rings. The Morgan fingerprint density at radius 1 is 1.21 bits per heavy atom. The third kappa shape index (κ3) is 3.72. The fourth-order valence-electron chi connectivity index (χ4n) is 2.86. The Bertz CT molecular complexity index is 417. The zero-order valence-electron chi connectivity index (χ0n) is 12.1. The molecule has 3 nitrogen and oxygen atoms in total. The summed E-state index contributed by atoms with van der Waals surface area (Å²) in [7, 11) is 0. The molecule has 0 bridgehead atoms. The van der Waals surface area contributed by atoms with Gasteiger partial charge in [-0.15, -0.1) is 0 Å². The van der Waals surface area contributed by atoms with Gasteiger partial charge in [-0.3, -0.25) is 0 Å². The summed E-state index contributed by atoms with van der Waals surface area (Å²) in [5, 5.41) is 2.99. The van der Waals surface area contributed by atoms with Gasteiger partial charge in [-0.2, -0.15) is 0 Å². The third-order valence-electron chi connectivity index (χ3n) is 3.77. The van der Waals surface area contributed by atoms with E-state index in [1.807, 2.05) is 17.0 Å². The number of carbonyl (C=O) groups excluding carboxylic acids is 1. The number of hydrogen-bond acceptors (Lipinski definition) is 1. The van der Waals surface area contributed by atoms with Crippen LogP contribution < -0.4 is 5.32 Å². The predicted molar refractivity (Wildman–Crippen MR) is 79.4 cm³/mol. The number of aryl methyl sites for hydroxylation is 1. The van der Waals surface area contributed by atoms with Gasteiger partial charge in [0.2, 0.25) is 0 Å². The molecule has 1 aliphatic heterocycles. The SMILES string of the molecule is CCc1ccc(NC(=O)N2C[C@@H](C)C[C@H](C)C2)cc1. The maximum absolute atomic E-state index is 12.2. The molecule has 1 aliphatic rings. The average molecular weight is 260 g/mol. The second kappa shape index (κ2) is 6.09. The molecule has 2 amide bonds. The highest BCUT2D eigenvalue weighted by Gasteiger charge is 2.25. The minimum Gasteiger partial charge on any atom is -0.324 e. The van der Waals surface area contributed by atoms with Crippen molar-refractivity contribution in [3.05, 3.63) is 29.8 Å². The fourth-order valence-corrected chi connectivity index (χ4v) is 2.86. The molecule has 0 aliphatic carbocycles. The Morgan fingerprint density at radius 3 is 2.32 bits per heavy atom. The lowest BCUT2D eigenvalue weighted by atomic mass is 9.92. The Labute approximate surface area is 116 Å². The van der Waals surface area contributed by atoms with Crippen molar-refractivity contribution in [2.45, 2.75) is 33.6 Å². The van der Waals surface area contributed by atoms with E-state index >= 15 is 0 Å². The normalized spacial score (nSPS) is 23.2. The van der Waals surface area contributed by atoms with Crippen molar-refractivity contribution in [2.24, 2.45) is 11.8 Å². The van der Waals surface area contributed by atoms with E-state index < -0.39 is 0 Å². The quantitative estimate of drug-likeness (QED) is 0.862. The van der Waals surface area contributed by atoms with Crippen LogP contribution in [0, 0.1) is 11.8 Å². The number of anilines is 1. The number of likely N-dealkylation sites (tertiary alicyclic amines) is 1. The highest BCUT2D eigenvalue weighted by molar-refractivity contribution is 5.89. The highest BCUT2D eigenvalue weighted by atomic mass is 16.2. The van der Waals surface area contributed by atoms with Crippen molar-refractivity contribution in [3.8, 4) is 0 Å². The number of hydrogen-bond donors (Lipinski definition) is 1. The van der Waals surface area contributed by atoms with Gasteiger partial charge in [0, 0.05) is 18.8 Å². The monoisotopic (exact) mass is 260 g/mol. The molecule has 0 unspecified atom stereocenters. The zero-order chi connectivity index (χ0) is 13.8. The topological polar surface area (TPSA) is 32.3 Å². The summed E-state index contributed by atoms with van der Waals surface area (Å²) in [5.41, 5.74) is 2.17. The lowest BCUT2D eigenvalue weighted by molar-refractivity contribution is 0.156. The van der Waals surface area contributed by atoms with Crippen molar-refractivity contribution < 1.29 is 4.79 Å². The minimum absolute atomic E-state index is 0.0302. The van der Waals surface area contributed by atoms with E-state index in [2.05, 4.69) is 38.2 Å². The number of urea groups is 1. The minimum atomic E-state index is 0.0302. The molecule has 0 radical (unpaired) electrons. The van der Waals surface area contributed by atoms with Crippen LogP contribution in [0.15, 0.2) is 24.3 Å². The van der Waals surface area contributed by atoms with E-state index in [9.17, 15) is 4.79 Å². The standard InChI is InChI=1S/C16H24N2O/c1-4-14-5-7-15(8-6-14)17-16(19)18-10-12(2)9-13(3)11-18/h5-8,12-13H,4,9-11H2,1-3H3,(H,17,19)/t12-,13-/m0/s1. The number of piperidine rings is 1. The molecular weight excluding hydrogens is 236 g/mol. The Hall–Kier alpha value is -1.51. The first kappa shape index (κ1) is 13.9. The first-order chi connectivity index (χ1) is 9.08. The number of benzene rings is 1. The van der Waals surface area contributed by atoms with Gasteiger partial charge in [-0.1, -0.05) is 32.9 Å². The van der Waals surface area contributed by atoms with Crippen molar-refractivity contribution in [2.75, 3.05) is 18.4 Å². The predicted octanol–water partition coefficient (Wildman–Crippen LogP) is 3.76. The van der Waals surface area contributed by atoms with Crippen molar-refractivity contribution in [1.82, 2.24) is 4.90 Å². The fraction of sp³-hybridized carbons (Fsp3) is 0.562. The summed E-state index contributed by atoms with van der Waals surface area (Å²) in [4.78, 5) is 14.2. The number of amides is 2. The second-order valence-corrected chi connectivity index (χ2v) is 5.83. The van der Waals surface area contributed by atoms with E-state index in [4.69, 9.17) is 0 Å². The molecule has 2 atom stereocenters. The van der Waals surface area contributed by atoms with Crippen molar-refractivity contribution in [3.63, 3.8) is 0 Å². The molecule has 0 aromatic heterocycles. The van der Waals surface area contributed by atoms with Gasteiger partial charge in [-0.25, -0.2) is 4.79 Å². The first-order valence-corrected chi connectivity index (χ1v) is 7.23. The highest BCUT2D eigenvalue weighted by Crippen LogP contribution is 2.21. The van der Waals surface area contributed by atoms with Crippen LogP contribution in [-0.2, 0) is 6.42 Å². The van der Waals surface area contributed by atoms with Crippen LogP contribution in [0.1, 0.15) is 32.8 Å². The Morgan fingerprint density at radius 2 is 1.79 bits per heavy atom. The maximum atomic E-state index is 12.2. The summed E-state index contributed by atoms with van der Waals surface area (Å²) in [6.07, 6.45) is 2.24. The number of rotatable bonds is 2. The summed E-state index contributed by atoms with van der Waals surface area (Å²) in [6.45, 7) is 8.29. The van der Waals surface area contributed by atoms with Crippen molar-refractivity contribution in [1.29, 1.82) is 0 Å². The second-order valence-electron chi connectivity index (χ2n) is 5.83. The number of carbonyl (C=O) groups is 1. The van der Waals surface area contributed by atoms with Gasteiger partial charge in [0.15, 0.2) is 0 Å². The summed E-state index contributed by atoms with van der Waals surface area (Å²) < 4.78 is 0. The van der Waals surface area contributed by atoms with Crippen LogP contribution in [-0.4, -0.2) is 24.0 Å². The summed E-state index contributed by atoms with van der Waals surface area (Å²) >= 11 is 0. The maximum Gasteiger partial charge on any atom is 0.321 e. The largest absolute Gasteiger partial charge is 0.324 e. The molecule has 1 saturated heterocycles. The van der Waals surface area contributed by atoms with Gasteiger partial charge < -0.3 is 10.2 Å². The van der Waals surface area contributed by atoms with Crippen LogP contribution in [0.25, 0.3) is 0 Å². The molecule has 0 saturated carbocycles. The van der Waals surface area contributed by atoms with E-state index in [0.717, 1.165) is 25.2 Å². The molecule has 1 fully saturated rings. The molecule has 1 heterocycles. The molecule has 104 valence electrons. The van der Waals surface area contributed by atoms with Crippen LogP contribution in [0.5, 0.6) is 0 Å². The zero-order valence-corrected chi connectivity index (χ0v) is 12.1. The molecule has 2 rings (SSSR count). The first-order valence-electron chi connectivity index (χ1n) is 7.23. The molecule has 1 N–H and O–H groups in total. The van der Waals surface area contributed by atoms with Crippen LogP contribution >= 0.6 is 0 Å². The van der Waals surface area contributed by atoms with E-state index in [1.165, 1.54) is 12.0 Å². The van der Waals surface area contributed by atoms with Gasteiger partial charge >= 0.3 is 6.03 Å². The van der Waals surface area contributed by atoms with E-state index in [0.29, 0.717) is 11.8 Å². The van der Waals surface area contributed by atoms with Gasteiger partial charge in [0.1, 0.15) is 0 Å². The Balaban J connectivity index is 1.96. The lowest BCUT2D eigenvalue weighted by Gasteiger charge is -2.34. The van der Waals surface area contributed by atoms with Gasteiger partial charge in [0.05, 0.1) is 0 Å². The molecule has 3 heteroatoms. The molecular formula is C16H24N2O. The van der Waals surface area contributed by atoms with Crippen molar-refractivity contribution >= 4 is 11.7 Å². The van der Waals surface area contributed by atoms with Crippen LogP contribution in [0.3, 0.4) is 0 Å². The summed E-state index contributed by atoms with van der Waals surface area (Å²) in [5.74, 6) is 1.19. The molecule has 19 heavy (non-hydrogen) atoms. The van der Waals surface area contributed by atoms with E-state index in [-0.39, 0.29) is 6.03 Å². The smallest absolute Gasteiger partial charge is 0.321 e. The van der Waals surface area contributed by atoms with Crippen LogP contribution in [0.4, 0.5) is 10.5 Å². The number of nitrogens with zero attached hydrogens (tertiary/aromatic N) is 1. The van der Waals surface area contributed by atoms with Gasteiger partial charge in [-0.05, 0) is 42.4 Å². The third-order valence-corrected chi connectivity index (χ3v) is 3.77. The molecule has 1 aromatic carbocycles. The average Bonchev–Trinajstić information content (AvgIpc) is 2.38.